The molecule has 1 heterocycles. The van der Waals surface area contributed by atoms with E-state index in [4.69, 9.17) is 5.73 Å². The van der Waals surface area contributed by atoms with Crippen molar-refractivity contribution in [3.8, 4) is 0 Å². The van der Waals surface area contributed by atoms with Gasteiger partial charge in [-0.1, -0.05) is 26.2 Å². The fourth-order valence-corrected chi connectivity index (χ4v) is 3.16. The molecule has 2 unspecified atom stereocenters. The van der Waals surface area contributed by atoms with E-state index >= 15 is 0 Å². The number of nitrogen functional groups attached to an aromatic ring is 1. The lowest BCUT2D eigenvalue weighted by molar-refractivity contribution is 0.268. The highest BCUT2D eigenvalue weighted by Crippen LogP contribution is 2.29. The molecule has 5 heteroatoms. The molecule has 0 saturated heterocycles. The van der Waals surface area contributed by atoms with Crippen molar-refractivity contribution in [3.05, 3.63) is 28.6 Å². The van der Waals surface area contributed by atoms with E-state index in [1.54, 1.807) is 18.2 Å². The van der Waals surface area contributed by atoms with Gasteiger partial charge in [-0.25, -0.2) is 4.98 Å². The summed E-state index contributed by atoms with van der Waals surface area (Å²) in [5, 5.41) is 3.83. The smallest absolute Gasteiger partial charge is 0.260 e. The summed E-state index contributed by atoms with van der Waals surface area (Å²) in [4.78, 5) is 19.3. The van der Waals surface area contributed by atoms with Crippen molar-refractivity contribution in [3.63, 3.8) is 0 Å². The second kappa shape index (κ2) is 5.76. The van der Waals surface area contributed by atoms with Crippen LogP contribution in [0.1, 0.15) is 32.6 Å². The lowest BCUT2D eigenvalue weighted by Crippen LogP contribution is -2.25. The molecule has 0 amide bonds. The van der Waals surface area contributed by atoms with Gasteiger partial charge in [0, 0.05) is 12.2 Å². The van der Waals surface area contributed by atoms with Crippen molar-refractivity contribution in [1.82, 2.24) is 9.97 Å². The Morgan fingerprint density at radius 2 is 2.19 bits per heavy atom. The van der Waals surface area contributed by atoms with E-state index in [9.17, 15) is 4.79 Å². The van der Waals surface area contributed by atoms with Crippen molar-refractivity contribution >= 4 is 22.5 Å². The van der Waals surface area contributed by atoms with Gasteiger partial charge in [-0.2, -0.15) is 0 Å². The minimum absolute atomic E-state index is 0.147. The monoisotopic (exact) mass is 286 g/mol. The summed E-state index contributed by atoms with van der Waals surface area (Å²) < 4.78 is 0. The minimum atomic E-state index is -0.147. The predicted octanol–water partition coefficient (Wildman–Crippen LogP) is 2.74. The minimum Gasteiger partial charge on any atom is -0.399 e. The third-order valence-corrected chi connectivity index (χ3v) is 4.55. The van der Waals surface area contributed by atoms with Crippen LogP contribution in [0.2, 0.25) is 0 Å². The Bertz CT molecular complexity index is 694. The van der Waals surface area contributed by atoms with Crippen LogP contribution in [0.25, 0.3) is 10.9 Å². The Morgan fingerprint density at radius 3 is 3.00 bits per heavy atom. The summed E-state index contributed by atoms with van der Waals surface area (Å²) in [5.41, 5.74) is 6.81. The molecule has 0 radical (unpaired) electrons. The predicted molar refractivity (Wildman–Crippen MR) is 86.4 cm³/mol. The number of aromatic nitrogens is 2. The molecule has 1 aliphatic carbocycles. The number of rotatable bonds is 3. The second-order valence-corrected chi connectivity index (χ2v) is 6.09. The van der Waals surface area contributed by atoms with Crippen LogP contribution in [0.5, 0.6) is 0 Å². The Hall–Kier alpha value is -2.04. The molecule has 1 aromatic carbocycles. The summed E-state index contributed by atoms with van der Waals surface area (Å²) in [7, 11) is 0. The van der Waals surface area contributed by atoms with E-state index in [-0.39, 0.29) is 5.56 Å². The van der Waals surface area contributed by atoms with Crippen LogP contribution >= 0.6 is 0 Å². The third kappa shape index (κ3) is 3.01. The van der Waals surface area contributed by atoms with Gasteiger partial charge in [0.05, 0.1) is 10.9 Å². The first-order valence-electron chi connectivity index (χ1n) is 7.67. The largest absolute Gasteiger partial charge is 0.399 e. The topological polar surface area (TPSA) is 83.8 Å². The maximum Gasteiger partial charge on any atom is 0.260 e. The normalized spacial score (nSPS) is 22.3. The van der Waals surface area contributed by atoms with Crippen molar-refractivity contribution in [2.45, 2.75) is 32.6 Å². The number of nitrogens with two attached hydrogens (primary N) is 1. The maximum absolute atomic E-state index is 12.1. The zero-order valence-corrected chi connectivity index (χ0v) is 12.4. The molecule has 0 spiro atoms. The average Bonchev–Trinajstić information content (AvgIpc) is 2.47. The number of H-pyrrole nitrogens is 1. The fourth-order valence-electron chi connectivity index (χ4n) is 3.16. The molecule has 1 saturated carbocycles. The fraction of sp³-hybridized carbons (Fsp3) is 0.500. The summed E-state index contributed by atoms with van der Waals surface area (Å²) in [6.45, 7) is 3.18. The van der Waals surface area contributed by atoms with Crippen LogP contribution in [0.3, 0.4) is 0 Å². The molecule has 1 aliphatic rings. The van der Waals surface area contributed by atoms with Gasteiger partial charge in [0.1, 0.15) is 0 Å². The summed E-state index contributed by atoms with van der Waals surface area (Å²) in [6, 6.07) is 5.21. The van der Waals surface area contributed by atoms with E-state index in [1.165, 1.54) is 25.7 Å². The van der Waals surface area contributed by atoms with Crippen LogP contribution < -0.4 is 16.6 Å². The Labute approximate surface area is 124 Å². The number of anilines is 2. The quantitative estimate of drug-likeness (QED) is 0.757. The second-order valence-electron chi connectivity index (χ2n) is 6.09. The van der Waals surface area contributed by atoms with Crippen molar-refractivity contribution in [1.29, 1.82) is 0 Å². The highest BCUT2D eigenvalue weighted by molar-refractivity contribution is 5.81. The Kier molecular flexibility index (Phi) is 3.82. The number of fused-ring (bicyclic) bond motifs is 1. The molecule has 112 valence electrons. The van der Waals surface area contributed by atoms with Crippen molar-refractivity contribution < 1.29 is 0 Å². The first-order valence-corrected chi connectivity index (χ1v) is 7.67. The molecular weight excluding hydrogens is 264 g/mol. The van der Waals surface area contributed by atoms with E-state index in [0.29, 0.717) is 28.5 Å². The van der Waals surface area contributed by atoms with Gasteiger partial charge in [-0.15, -0.1) is 0 Å². The lowest BCUT2D eigenvalue weighted by atomic mass is 9.80. The molecular formula is C16H22N4O. The lowest BCUT2D eigenvalue weighted by Gasteiger charge is -2.28. The standard InChI is InChI=1S/C16H22N4O/c1-10-4-2-3-5-11(10)9-18-16-19-14-7-6-12(17)8-13(14)15(21)20-16/h6-8,10-11H,2-5,9,17H2,1H3,(H2,18,19,20,21). The first kappa shape index (κ1) is 13.9. The molecule has 0 bridgehead atoms. The van der Waals surface area contributed by atoms with Crippen molar-refractivity contribution in [2.75, 3.05) is 17.6 Å². The molecule has 21 heavy (non-hydrogen) atoms. The molecule has 2 atom stereocenters. The Balaban J connectivity index is 1.78. The number of nitrogens with zero attached hydrogens (tertiary/aromatic N) is 1. The highest BCUT2D eigenvalue weighted by atomic mass is 16.1. The zero-order valence-electron chi connectivity index (χ0n) is 12.4. The van der Waals surface area contributed by atoms with E-state index in [1.807, 2.05) is 0 Å². The van der Waals surface area contributed by atoms with Gasteiger partial charge in [0.25, 0.3) is 5.56 Å². The van der Waals surface area contributed by atoms with Crippen LogP contribution in [0.4, 0.5) is 11.6 Å². The van der Waals surface area contributed by atoms with E-state index < -0.39 is 0 Å². The number of hydrogen-bond acceptors (Lipinski definition) is 4. The van der Waals surface area contributed by atoms with Gasteiger partial charge < -0.3 is 11.1 Å². The van der Waals surface area contributed by atoms with Crippen LogP contribution in [-0.4, -0.2) is 16.5 Å². The van der Waals surface area contributed by atoms with E-state index in [2.05, 4.69) is 22.2 Å². The zero-order chi connectivity index (χ0) is 14.8. The van der Waals surface area contributed by atoms with Crippen LogP contribution in [-0.2, 0) is 0 Å². The van der Waals surface area contributed by atoms with Crippen molar-refractivity contribution in [2.24, 2.45) is 11.8 Å². The number of hydrogen-bond donors (Lipinski definition) is 3. The summed E-state index contributed by atoms with van der Waals surface area (Å²) in [6.07, 6.45) is 5.19. The molecule has 4 N–H and O–H groups in total. The molecule has 5 nitrogen and oxygen atoms in total. The highest BCUT2D eigenvalue weighted by Gasteiger charge is 2.21. The molecule has 3 rings (SSSR count). The van der Waals surface area contributed by atoms with Gasteiger partial charge >= 0.3 is 0 Å². The third-order valence-electron chi connectivity index (χ3n) is 4.55. The maximum atomic E-state index is 12.1. The summed E-state index contributed by atoms with van der Waals surface area (Å²) in [5.74, 6) is 1.94. The molecule has 1 aromatic heterocycles. The van der Waals surface area contributed by atoms with Gasteiger partial charge in [0.2, 0.25) is 5.95 Å². The molecule has 2 aromatic rings. The first-order chi connectivity index (χ1) is 10.1. The average molecular weight is 286 g/mol. The summed E-state index contributed by atoms with van der Waals surface area (Å²) >= 11 is 0. The van der Waals surface area contributed by atoms with Crippen LogP contribution in [0.15, 0.2) is 23.0 Å². The van der Waals surface area contributed by atoms with Gasteiger partial charge in [-0.05, 0) is 36.5 Å². The van der Waals surface area contributed by atoms with E-state index in [0.717, 1.165) is 12.5 Å². The van der Waals surface area contributed by atoms with Crippen LogP contribution in [0, 0.1) is 11.8 Å². The van der Waals surface area contributed by atoms with Gasteiger partial charge in [-0.3, -0.25) is 9.78 Å². The number of aromatic amines is 1. The molecule has 0 aliphatic heterocycles. The Morgan fingerprint density at radius 1 is 1.38 bits per heavy atom. The molecule has 1 fully saturated rings. The SMILES string of the molecule is CC1CCCCC1CNc1nc2ccc(N)cc2c(=O)[nH]1. The number of benzene rings is 1. The van der Waals surface area contributed by atoms with Gasteiger partial charge in [0.15, 0.2) is 0 Å². The number of nitrogens with one attached hydrogen (secondary N) is 2.